The lowest BCUT2D eigenvalue weighted by molar-refractivity contribution is -0.124. The van der Waals surface area contributed by atoms with Crippen LogP contribution in [0, 0.1) is 17.2 Å². The molecule has 0 fully saturated rings. The average Bonchev–Trinajstić information content (AvgIpc) is 2.52. The summed E-state index contributed by atoms with van der Waals surface area (Å²) in [5, 5.41) is 20.7. The lowest BCUT2D eigenvalue weighted by Gasteiger charge is -2.27. The van der Waals surface area contributed by atoms with Gasteiger partial charge >= 0.3 is 5.97 Å². The molecule has 0 saturated carbocycles. The van der Waals surface area contributed by atoms with Crippen LogP contribution in [0.1, 0.15) is 31.1 Å². The van der Waals surface area contributed by atoms with Gasteiger partial charge < -0.3 is 19.9 Å². The molecule has 0 unspecified atom stereocenters. The van der Waals surface area contributed by atoms with Gasteiger partial charge in [-0.15, -0.1) is 0 Å². The summed E-state index contributed by atoms with van der Waals surface area (Å²) in [5.74, 6) is -1.15. The summed E-state index contributed by atoms with van der Waals surface area (Å²) in [6.45, 7) is 4.99. The van der Waals surface area contributed by atoms with E-state index in [1.54, 1.807) is 6.92 Å². The van der Waals surface area contributed by atoms with E-state index in [1.807, 2.05) is 13.8 Å². The van der Waals surface area contributed by atoms with Crippen molar-refractivity contribution in [2.75, 3.05) is 13.7 Å². The van der Waals surface area contributed by atoms with Crippen molar-refractivity contribution in [1.29, 1.82) is 5.26 Å². The third-order valence-electron chi connectivity index (χ3n) is 3.56. The van der Waals surface area contributed by atoms with Crippen LogP contribution in [0.2, 0.25) is 0 Å². The second-order valence-electron chi connectivity index (χ2n) is 5.48. The van der Waals surface area contributed by atoms with Gasteiger partial charge in [0.25, 0.3) is 5.91 Å². The Morgan fingerprint density at radius 2 is 2.04 bits per heavy atom. The highest BCUT2D eigenvalue weighted by molar-refractivity contribution is 5.88. The van der Waals surface area contributed by atoms with Gasteiger partial charge in [-0.1, -0.05) is 13.8 Å². The summed E-state index contributed by atoms with van der Waals surface area (Å²) >= 11 is 0. The number of amides is 1. The molecule has 0 radical (unpaired) electrons. The van der Waals surface area contributed by atoms with Crippen molar-refractivity contribution in [2.45, 2.75) is 26.3 Å². The SMILES string of the molecule is COc1cc(C(=O)O)ccc1OCC(=O)N[C@](C)(C#N)C(C)C. The molecule has 7 heteroatoms. The van der Waals surface area contributed by atoms with E-state index in [1.165, 1.54) is 25.3 Å². The topological polar surface area (TPSA) is 109 Å². The number of rotatable bonds is 7. The van der Waals surface area contributed by atoms with Crippen LogP contribution in [0.3, 0.4) is 0 Å². The maximum atomic E-state index is 11.9. The number of methoxy groups -OCH3 is 1. The monoisotopic (exact) mass is 320 g/mol. The maximum absolute atomic E-state index is 11.9. The zero-order valence-corrected chi connectivity index (χ0v) is 13.5. The van der Waals surface area contributed by atoms with Crippen LogP contribution >= 0.6 is 0 Å². The Morgan fingerprint density at radius 1 is 1.39 bits per heavy atom. The van der Waals surface area contributed by atoms with Crippen LogP contribution in [-0.4, -0.2) is 36.2 Å². The van der Waals surface area contributed by atoms with Crippen molar-refractivity contribution >= 4 is 11.9 Å². The largest absolute Gasteiger partial charge is 0.493 e. The number of benzene rings is 1. The van der Waals surface area contributed by atoms with E-state index in [4.69, 9.17) is 14.6 Å². The van der Waals surface area contributed by atoms with E-state index >= 15 is 0 Å². The van der Waals surface area contributed by atoms with E-state index in [0.29, 0.717) is 0 Å². The number of carboxylic acids is 1. The van der Waals surface area contributed by atoms with Gasteiger partial charge in [0.1, 0.15) is 5.54 Å². The summed E-state index contributed by atoms with van der Waals surface area (Å²) in [6.07, 6.45) is 0. The first-order chi connectivity index (χ1) is 10.7. The first kappa shape index (κ1) is 18.3. The highest BCUT2D eigenvalue weighted by Crippen LogP contribution is 2.28. The van der Waals surface area contributed by atoms with Gasteiger partial charge in [0.05, 0.1) is 18.7 Å². The zero-order valence-electron chi connectivity index (χ0n) is 13.5. The molecule has 2 N–H and O–H groups in total. The van der Waals surface area contributed by atoms with Crippen molar-refractivity contribution in [3.63, 3.8) is 0 Å². The molecule has 0 aliphatic carbocycles. The van der Waals surface area contributed by atoms with Gasteiger partial charge in [0.2, 0.25) is 0 Å². The quantitative estimate of drug-likeness (QED) is 0.793. The fraction of sp³-hybridized carbons (Fsp3) is 0.438. The molecule has 124 valence electrons. The van der Waals surface area contributed by atoms with Crippen LogP contribution in [0.4, 0.5) is 0 Å². The average molecular weight is 320 g/mol. The number of hydrogen-bond acceptors (Lipinski definition) is 5. The molecular weight excluding hydrogens is 300 g/mol. The van der Waals surface area contributed by atoms with Crippen LogP contribution in [0.5, 0.6) is 11.5 Å². The summed E-state index contributed by atoms with van der Waals surface area (Å²) in [5.41, 5.74) is -0.937. The highest BCUT2D eigenvalue weighted by Gasteiger charge is 2.30. The Kier molecular flexibility index (Phi) is 5.96. The standard InChI is InChI=1S/C16H20N2O5/c1-10(2)16(3,9-17)18-14(19)8-23-12-6-5-11(15(20)21)7-13(12)22-4/h5-7,10H,8H2,1-4H3,(H,18,19)(H,20,21)/t16-/m1/s1. The first-order valence-electron chi connectivity index (χ1n) is 7.00. The Labute approximate surface area is 134 Å². The molecule has 0 aromatic heterocycles. The molecular formula is C16H20N2O5. The maximum Gasteiger partial charge on any atom is 0.335 e. The number of aromatic carboxylic acids is 1. The molecule has 7 nitrogen and oxygen atoms in total. The van der Waals surface area contributed by atoms with E-state index in [0.717, 1.165) is 0 Å². The van der Waals surface area contributed by atoms with Gasteiger partial charge in [0, 0.05) is 0 Å². The lowest BCUT2D eigenvalue weighted by Crippen LogP contribution is -2.50. The number of nitrogens with zero attached hydrogens (tertiary/aromatic N) is 1. The third-order valence-corrected chi connectivity index (χ3v) is 3.56. The molecule has 0 spiro atoms. The molecule has 0 saturated heterocycles. The first-order valence-corrected chi connectivity index (χ1v) is 7.00. The number of nitrogens with one attached hydrogen (secondary N) is 1. The van der Waals surface area contributed by atoms with Crippen LogP contribution in [0.25, 0.3) is 0 Å². The molecule has 1 rings (SSSR count). The van der Waals surface area contributed by atoms with E-state index in [9.17, 15) is 14.9 Å². The minimum Gasteiger partial charge on any atom is -0.493 e. The minimum absolute atomic E-state index is 0.0514. The normalized spacial score (nSPS) is 12.9. The molecule has 23 heavy (non-hydrogen) atoms. The Hall–Kier alpha value is -2.75. The molecule has 1 atom stereocenters. The smallest absolute Gasteiger partial charge is 0.335 e. The predicted octanol–water partition coefficient (Wildman–Crippen LogP) is 1.83. The van der Waals surface area contributed by atoms with Crippen molar-refractivity contribution in [3.8, 4) is 17.6 Å². The summed E-state index contributed by atoms with van der Waals surface area (Å²) in [7, 11) is 1.37. The van der Waals surface area contributed by atoms with Crippen molar-refractivity contribution in [3.05, 3.63) is 23.8 Å². The third kappa shape index (κ3) is 4.61. The van der Waals surface area contributed by atoms with E-state index < -0.39 is 17.4 Å². The van der Waals surface area contributed by atoms with E-state index in [2.05, 4.69) is 11.4 Å². The zero-order chi connectivity index (χ0) is 17.6. The van der Waals surface area contributed by atoms with Gasteiger partial charge in [-0.3, -0.25) is 4.79 Å². The van der Waals surface area contributed by atoms with Gasteiger partial charge in [0.15, 0.2) is 18.1 Å². The highest BCUT2D eigenvalue weighted by atomic mass is 16.5. The Bertz CT molecular complexity index is 636. The van der Waals surface area contributed by atoms with Crippen molar-refractivity contribution < 1.29 is 24.2 Å². The van der Waals surface area contributed by atoms with Gasteiger partial charge in [-0.05, 0) is 31.0 Å². The molecule has 0 heterocycles. The molecule has 1 amide bonds. The number of nitriles is 1. The molecule has 0 aliphatic heterocycles. The number of carbonyl (C=O) groups excluding carboxylic acids is 1. The van der Waals surface area contributed by atoms with Crippen LogP contribution < -0.4 is 14.8 Å². The molecule has 1 aromatic rings. The summed E-state index contributed by atoms with van der Waals surface area (Å²) < 4.78 is 10.4. The fourth-order valence-corrected chi connectivity index (χ4v) is 1.69. The number of hydrogen-bond donors (Lipinski definition) is 2. The Balaban J connectivity index is 2.77. The predicted molar refractivity (Wildman–Crippen MR) is 82.4 cm³/mol. The second kappa shape index (κ2) is 7.49. The number of ether oxygens (including phenoxy) is 2. The molecule has 0 bridgehead atoms. The van der Waals surface area contributed by atoms with Crippen molar-refractivity contribution in [2.24, 2.45) is 5.92 Å². The minimum atomic E-state index is -1.09. The second-order valence-corrected chi connectivity index (χ2v) is 5.48. The van der Waals surface area contributed by atoms with E-state index in [-0.39, 0.29) is 29.6 Å². The summed E-state index contributed by atoms with van der Waals surface area (Å²) in [4.78, 5) is 22.9. The number of carboxylic acid groups (broad SMARTS) is 1. The Morgan fingerprint density at radius 3 is 2.52 bits per heavy atom. The lowest BCUT2D eigenvalue weighted by atomic mass is 9.90. The molecule has 0 aliphatic rings. The number of carbonyl (C=O) groups is 2. The summed E-state index contributed by atoms with van der Waals surface area (Å²) in [6, 6.07) is 6.15. The van der Waals surface area contributed by atoms with Gasteiger partial charge in [-0.25, -0.2) is 4.79 Å². The fourth-order valence-electron chi connectivity index (χ4n) is 1.69. The van der Waals surface area contributed by atoms with Crippen molar-refractivity contribution in [1.82, 2.24) is 5.32 Å². The van der Waals surface area contributed by atoms with Gasteiger partial charge in [-0.2, -0.15) is 5.26 Å². The van der Waals surface area contributed by atoms with Crippen LogP contribution in [-0.2, 0) is 4.79 Å². The van der Waals surface area contributed by atoms with Crippen LogP contribution in [0.15, 0.2) is 18.2 Å². The molecule has 1 aromatic carbocycles.